The highest BCUT2D eigenvalue weighted by Crippen LogP contribution is 2.53. The first-order valence-electron chi connectivity index (χ1n) is 8.10. The lowest BCUT2D eigenvalue weighted by molar-refractivity contribution is -0.129. The monoisotopic (exact) mass is 304 g/mol. The lowest BCUT2D eigenvalue weighted by Gasteiger charge is -2.39. The van der Waals surface area contributed by atoms with Crippen molar-refractivity contribution in [1.82, 2.24) is 0 Å². The van der Waals surface area contributed by atoms with Crippen LogP contribution < -0.4 is 10.6 Å². The van der Waals surface area contributed by atoms with E-state index in [1.54, 1.807) is 11.0 Å². The number of ether oxygens (including phenoxy) is 1. The molecule has 1 aromatic rings. The molecule has 118 valence electrons. The first-order valence-corrected chi connectivity index (χ1v) is 8.10. The van der Waals surface area contributed by atoms with E-state index in [-0.39, 0.29) is 23.2 Å². The number of anilines is 1. The molecule has 1 saturated heterocycles. The number of hydrogen-bond donors (Lipinski definition) is 1. The third kappa shape index (κ3) is 1.92. The van der Waals surface area contributed by atoms with Gasteiger partial charge in [0.25, 0.3) is 5.91 Å². The number of carbonyl (C=O) groups excluding carboxylic acids is 1. The van der Waals surface area contributed by atoms with E-state index < -0.39 is 6.10 Å². The van der Waals surface area contributed by atoms with E-state index in [1.807, 2.05) is 6.07 Å². The lowest BCUT2D eigenvalue weighted by atomic mass is 9.65. The van der Waals surface area contributed by atoms with Crippen LogP contribution in [0.15, 0.2) is 18.2 Å². The Bertz CT molecular complexity index is 615. The van der Waals surface area contributed by atoms with Gasteiger partial charge in [0.2, 0.25) is 0 Å². The van der Waals surface area contributed by atoms with Gasteiger partial charge in [0.1, 0.15) is 11.9 Å². The predicted octanol–water partition coefficient (Wildman–Crippen LogP) is 2.10. The molecule has 2 N–H and O–H groups in total. The van der Waals surface area contributed by atoms with Gasteiger partial charge in [-0.15, -0.1) is 0 Å². The van der Waals surface area contributed by atoms with Crippen molar-refractivity contribution in [2.24, 2.45) is 5.73 Å². The molecule has 0 unspecified atom stereocenters. The molecule has 1 spiro atoms. The Morgan fingerprint density at radius 1 is 1.41 bits per heavy atom. The molecule has 1 amide bonds. The van der Waals surface area contributed by atoms with E-state index in [9.17, 15) is 9.18 Å². The van der Waals surface area contributed by atoms with Crippen molar-refractivity contribution >= 4 is 11.6 Å². The number of rotatable bonds is 2. The highest BCUT2D eigenvalue weighted by molar-refractivity contribution is 5.99. The molecule has 2 heterocycles. The minimum atomic E-state index is -0.431. The third-order valence-corrected chi connectivity index (χ3v) is 5.50. The lowest BCUT2D eigenvalue weighted by Crippen LogP contribution is -2.45. The summed E-state index contributed by atoms with van der Waals surface area (Å²) >= 11 is 0. The van der Waals surface area contributed by atoms with Crippen LogP contribution in [0.4, 0.5) is 10.1 Å². The molecule has 5 heteroatoms. The van der Waals surface area contributed by atoms with Crippen molar-refractivity contribution in [2.75, 3.05) is 18.0 Å². The summed E-state index contributed by atoms with van der Waals surface area (Å²) in [7, 11) is 0. The summed E-state index contributed by atoms with van der Waals surface area (Å²) in [5, 5.41) is 0. The normalized spacial score (nSPS) is 28.7. The smallest absolute Gasteiger partial charge is 0.256 e. The fraction of sp³-hybridized carbons (Fsp3) is 0.588. The second-order valence-corrected chi connectivity index (χ2v) is 6.75. The quantitative estimate of drug-likeness (QED) is 0.910. The number of benzene rings is 1. The number of hydrogen-bond acceptors (Lipinski definition) is 3. The average Bonchev–Trinajstić information content (AvgIpc) is 3.09. The van der Waals surface area contributed by atoms with Gasteiger partial charge in [0, 0.05) is 24.1 Å². The van der Waals surface area contributed by atoms with Crippen molar-refractivity contribution < 1.29 is 13.9 Å². The van der Waals surface area contributed by atoms with Gasteiger partial charge in [-0.05, 0) is 37.8 Å². The van der Waals surface area contributed by atoms with Crippen LogP contribution in [0.5, 0.6) is 0 Å². The van der Waals surface area contributed by atoms with Crippen molar-refractivity contribution in [3.63, 3.8) is 0 Å². The number of halogens is 1. The summed E-state index contributed by atoms with van der Waals surface area (Å²) in [6.07, 6.45) is 4.09. The maximum Gasteiger partial charge on any atom is 0.256 e. The van der Waals surface area contributed by atoms with Crippen molar-refractivity contribution in [3.8, 4) is 0 Å². The molecule has 22 heavy (non-hydrogen) atoms. The Labute approximate surface area is 129 Å². The molecule has 0 radical (unpaired) electrons. The number of nitrogens with zero attached hydrogens (tertiary/aromatic N) is 1. The number of carbonyl (C=O) groups is 1. The van der Waals surface area contributed by atoms with E-state index in [4.69, 9.17) is 10.5 Å². The second kappa shape index (κ2) is 5.03. The molecule has 2 atom stereocenters. The topological polar surface area (TPSA) is 55.6 Å². The van der Waals surface area contributed by atoms with E-state index in [0.717, 1.165) is 36.9 Å². The van der Waals surface area contributed by atoms with Gasteiger partial charge in [-0.3, -0.25) is 4.79 Å². The molecule has 4 rings (SSSR count). The van der Waals surface area contributed by atoms with Crippen LogP contribution in [-0.2, 0) is 14.9 Å². The van der Waals surface area contributed by atoms with E-state index in [0.29, 0.717) is 19.5 Å². The van der Waals surface area contributed by atoms with Crippen LogP contribution in [-0.4, -0.2) is 31.2 Å². The summed E-state index contributed by atoms with van der Waals surface area (Å²) in [5.74, 6) is -0.216. The Morgan fingerprint density at radius 2 is 2.23 bits per heavy atom. The molecule has 2 fully saturated rings. The minimum Gasteiger partial charge on any atom is -0.364 e. The number of amides is 1. The van der Waals surface area contributed by atoms with Gasteiger partial charge in [-0.2, -0.15) is 0 Å². The maximum atomic E-state index is 14.4. The highest BCUT2D eigenvalue weighted by Gasteiger charge is 2.51. The van der Waals surface area contributed by atoms with Crippen molar-refractivity contribution in [1.29, 1.82) is 0 Å². The van der Waals surface area contributed by atoms with E-state index in [1.165, 1.54) is 6.07 Å². The van der Waals surface area contributed by atoms with E-state index >= 15 is 0 Å². The molecule has 1 aliphatic carbocycles. The summed E-state index contributed by atoms with van der Waals surface area (Å²) in [6.45, 7) is 1.04. The largest absolute Gasteiger partial charge is 0.364 e. The third-order valence-electron chi connectivity index (χ3n) is 5.50. The van der Waals surface area contributed by atoms with Gasteiger partial charge in [0.05, 0.1) is 11.8 Å². The molecule has 0 bridgehead atoms. The maximum absolute atomic E-state index is 14.4. The van der Waals surface area contributed by atoms with Gasteiger partial charge in [0.15, 0.2) is 0 Å². The van der Waals surface area contributed by atoms with Crippen LogP contribution >= 0.6 is 0 Å². The van der Waals surface area contributed by atoms with E-state index in [2.05, 4.69) is 0 Å². The van der Waals surface area contributed by atoms with Gasteiger partial charge < -0.3 is 15.4 Å². The molecule has 3 aliphatic rings. The zero-order valence-electron chi connectivity index (χ0n) is 12.6. The zero-order valence-corrected chi connectivity index (χ0v) is 12.6. The van der Waals surface area contributed by atoms with Gasteiger partial charge >= 0.3 is 0 Å². The highest BCUT2D eigenvalue weighted by atomic mass is 19.1. The summed E-state index contributed by atoms with van der Waals surface area (Å²) in [5.41, 5.74) is 6.93. The first kappa shape index (κ1) is 14.2. The fourth-order valence-electron chi connectivity index (χ4n) is 4.17. The molecule has 1 aromatic carbocycles. The summed E-state index contributed by atoms with van der Waals surface area (Å²) in [4.78, 5) is 14.6. The van der Waals surface area contributed by atoms with Crippen LogP contribution in [0.25, 0.3) is 0 Å². The Morgan fingerprint density at radius 3 is 2.86 bits per heavy atom. The molecule has 0 aromatic heterocycles. The molecular formula is C17H21FN2O2. The number of fused-ring (bicyclic) bond motifs is 2. The molecular weight excluding hydrogens is 283 g/mol. The van der Waals surface area contributed by atoms with Crippen molar-refractivity contribution in [3.05, 3.63) is 29.6 Å². The zero-order chi connectivity index (χ0) is 15.3. The van der Waals surface area contributed by atoms with Gasteiger partial charge in [-0.25, -0.2) is 4.39 Å². The SMILES string of the molecule is NC[C@H]1CC[C@@H](C(=O)N2CC3(CCC3)c3c(F)cccc32)O1. The molecule has 1 saturated carbocycles. The van der Waals surface area contributed by atoms with Crippen LogP contribution in [0.1, 0.15) is 37.7 Å². The first-order chi connectivity index (χ1) is 10.6. The average molecular weight is 304 g/mol. The fourth-order valence-corrected chi connectivity index (χ4v) is 4.17. The second-order valence-electron chi connectivity index (χ2n) is 6.75. The summed E-state index contributed by atoms with van der Waals surface area (Å²) < 4.78 is 20.1. The van der Waals surface area contributed by atoms with Crippen molar-refractivity contribution in [2.45, 2.75) is 49.7 Å². The molecule has 2 aliphatic heterocycles. The Kier molecular flexibility index (Phi) is 3.24. The van der Waals surface area contributed by atoms with Crippen LogP contribution in [0, 0.1) is 5.82 Å². The predicted molar refractivity (Wildman–Crippen MR) is 81.2 cm³/mol. The van der Waals surface area contributed by atoms with Crippen LogP contribution in [0.2, 0.25) is 0 Å². The molecule has 4 nitrogen and oxygen atoms in total. The van der Waals surface area contributed by atoms with Crippen LogP contribution in [0.3, 0.4) is 0 Å². The Balaban J connectivity index is 1.64. The summed E-state index contributed by atoms with van der Waals surface area (Å²) in [6, 6.07) is 5.05. The number of nitrogens with two attached hydrogens (primary N) is 1. The Hall–Kier alpha value is -1.46. The minimum absolute atomic E-state index is 0.0267. The standard InChI is InChI=1S/C17H21FN2O2/c18-12-3-1-4-13-15(12)17(7-2-8-17)10-20(13)16(21)14-6-5-11(9-19)22-14/h1,3-4,11,14H,2,5-10,19H2/t11-,14+/m1/s1. The van der Waals surface area contributed by atoms with Gasteiger partial charge in [-0.1, -0.05) is 12.5 Å².